The summed E-state index contributed by atoms with van der Waals surface area (Å²) in [5.74, 6) is 1.53. The minimum absolute atomic E-state index is 0.653. The lowest BCUT2D eigenvalue weighted by molar-refractivity contribution is 0.290. The van der Waals surface area contributed by atoms with Gasteiger partial charge in [-0.1, -0.05) is 52.1 Å². The molecule has 0 saturated heterocycles. The number of nitrogens with one attached hydrogen (secondary N) is 1. The van der Waals surface area contributed by atoms with Gasteiger partial charge in [0.15, 0.2) is 11.5 Å². The summed E-state index contributed by atoms with van der Waals surface area (Å²) < 4.78 is 12.3. The molecule has 0 heterocycles. The van der Waals surface area contributed by atoms with Gasteiger partial charge in [0.05, 0.1) is 13.7 Å². The molecule has 0 aliphatic rings. The maximum Gasteiger partial charge on any atom is 0.165 e. The molecule has 0 spiro atoms. The number of ether oxygens (including phenoxy) is 2. The molecule has 0 aromatic heterocycles. The fourth-order valence-corrected chi connectivity index (χ4v) is 3.43. The summed E-state index contributed by atoms with van der Waals surface area (Å²) in [6.07, 6.45) is 1.77. The second kappa shape index (κ2) is 10.3. The first kappa shape index (κ1) is 20.4. The molecule has 0 fully saturated rings. The monoisotopic (exact) mass is 445 g/mol. The number of hydrogen-bond acceptors (Lipinski definition) is 3. The fourth-order valence-electron chi connectivity index (χ4n) is 2.44. The van der Waals surface area contributed by atoms with Gasteiger partial charge in [0.2, 0.25) is 0 Å². The van der Waals surface area contributed by atoms with Crippen LogP contribution in [0.15, 0.2) is 34.8 Å². The average molecular weight is 447 g/mol. The highest BCUT2D eigenvalue weighted by Gasteiger charge is 2.12. The van der Waals surface area contributed by atoms with E-state index in [0.29, 0.717) is 23.2 Å². The predicted octanol–water partition coefficient (Wildman–Crippen LogP) is 5.89. The first-order chi connectivity index (χ1) is 12.0. The Balaban J connectivity index is 2.00. The van der Waals surface area contributed by atoms with E-state index in [2.05, 4.69) is 34.2 Å². The van der Waals surface area contributed by atoms with Crippen molar-refractivity contribution in [3.05, 3.63) is 56.0 Å². The molecule has 3 nitrogen and oxygen atoms in total. The van der Waals surface area contributed by atoms with Crippen molar-refractivity contribution in [2.45, 2.75) is 26.3 Å². The Bertz CT molecular complexity index is 710. The summed E-state index contributed by atoms with van der Waals surface area (Å²) in [6, 6.07) is 9.56. The topological polar surface area (TPSA) is 30.5 Å². The Kier molecular flexibility index (Phi) is 8.37. The van der Waals surface area contributed by atoms with Crippen molar-refractivity contribution >= 4 is 39.1 Å². The molecule has 0 bridgehead atoms. The Hall–Kier alpha value is -0.940. The molecule has 0 unspecified atom stereocenters. The van der Waals surface area contributed by atoms with Crippen LogP contribution in [-0.4, -0.2) is 20.3 Å². The van der Waals surface area contributed by atoms with E-state index in [4.69, 9.17) is 32.7 Å². The lowest BCUT2D eigenvalue weighted by Crippen LogP contribution is -2.18. The SMILES string of the molecule is CCCOc1c(CNCCc2ccc(Cl)cc2Cl)cc(Br)cc1OC. The number of halogens is 3. The first-order valence-corrected chi connectivity index (χ1v) is 9.74. The summed E-state index contributed by atoms with van der Waals surface area (Å²) in [6.45, 7) is 4.22. The molecular weight excluding hydrogens is 425 g/mol. The third-order valence-corrected chi connectivity index (χ3v) is 4.71. The minimum atomic E-state index is 0.653. The molecule has 2 aromatic rings. The molecule has 0 aliphatic carbocycles. The van der Waals surface area contributed by atoms with Gasteiger partial charge >= 0.3 is 0 Å². The van der Waals surface area contributed by atoms with Crippen molar-refractivity contribution in [3.63, 3.8) is 0 Å². The summed E-state index contributed by atoms with van der Waals surface area (Å²) in [4.78, 5) is 0. The minimum Gasteiger partial charge on any atom is -0.493 e. The Morgan fingerprint density at radius 3 is 2.60 bits per heavy atom. The van der Waals surface area contributed by atoms with Gasteiger partial charge in [0.1, 0.15) is 0 Å². The van der Waals surface area contributed by atoms with Crippen LogP contribution >= 0.6 is 39.1 Å². The molecule has 2 aromatic carbocycles. The number of hydrogen-bond donors (Lipinski definition) is 1. The zero-order chi connectivity index (χ0) is 18.2. The maximum absolute atomic E-state index is 6.21. The van der Waals surface area contributed by atoms with Crippen LogP contribution in [0.1, 0.15) is 24.5 Å². The molecule has 6 heteroatoms. The Labute approximate surface area is 167 Å². The van der Waals surface area contributed by atoms with Crippen molar-refractivity contribution in [3.8, 4) is 11.5 Å². The van der Waals surface area contributed by atoms with Crippen LogP contribution in [-0.2, 0) is 13.0 Å². The van der Waals surface area contributed by atoms with Crippen molar-refractivity contribution in [1.82, 2.24) is 5.32 Å². The normalized spacial score (nSPS) is 10.8. The van der Waals surface area contributed by atoms with Crippen LogP contribution in [0, 0.1) is 0 Å². The second-order valence-electron chi connectivity index (χ2n) is 5.61. The molecule has 0 atom stereocenters. The standard InChI is InChI=1S/C19H22BrCl2NO2/c1-3-8-25-19-14(9-15(20)10-18(19)24-2)12-23-7-6-13-4-5-16(21)11-17(13)22/h4-5,9-11,23H,3,6-8,12H2,1-2H3. The van der Waals surface area contributed by atoms with Crippen molar-refractivity contribution < 1.29 is 9.47 Å². The van der Waals surface area contributed by atoms with Crippen molar-refractivity contribution in [2.24, 2.45) is 0 Å². The predicted molar refractivity (Wildman–Crippen MR) is 108 cm³/mol. The van der Waals surface area contributed by atoms with Crippen molar-refractivity contribution in [2.75, 3.05) is 20.3 Å². The van der Waals surface area contributed by atoms with E-state index in [9.17, 15) is 0 Å². The molecule has 0 radical (unpaired) electrons. The summed E-state index contributed by atoms with van der Waals surface area (Å²) in [5, 5.41) is 4.79. The molecule has 0 aliphatic heterocycles. The van der Waals surface area contributed by atoms with E-state index in [0.717, 1.165) is 46.5 Å². The smallest absolute Gasteiger partial charge is 0.165 e. The van der Waals surface area contributed by atoms with Gasteiger partial charge in [-0.05, 0) is 49.2 Å². The van der Waals surface area contributed by atoms with Gasteiger partial charge in [-0.25, -0.2) is 0 Å². The van der Waals surface area contributed by atoms with Gasteiger partial charge in [0, 0.05) is 26.6 Å². The van der Waals surface area contributed by atoms with Crippen LogP contribution in [0.4, 0.5) is 0 Å². The number of methoxy groups -OCH3 is 1. The average Bonchev–Trinajstić information content (AvgIpc) is 2.58. The van der Waals surface area contributed by atoms with Gasteiger partial charge < -0.3 is 14.8 Å². The van der Waals surface area contributed by atoms with E-state index in [1.807, 2.05) is 18.2 Å². The molecule has 0 amide bonds. The lowest BCUT2D eigenvalue weighted by atomic mass is 10.1. The highest BCUT2D eigenvalue weighted by Crippen LogP contribution is 2.35. The molecule has 2 rings (SSSR count). The van der Waals surface area contributed by atoms with Crippen LogP contribution < -0.4 is 14.8 Å². The fraction of sp³-hybridized carbons (Fsp3) is 0.368. The van der Waals surface area contributed by atoms with Crippen molar-refractivity contribution in [1.29, 1.82) is 0 Å². The highest BCUT2D eigenvalue weighted by molar-refractivity contribution is 9.10. The maximum atomic E-state index is 6.21. The van der Waals surface area contributed by atoms with Gasteiger partial charge in [-0.15, -0.1) is 0 Å². The van der Waals surface area contributed by atoms with E-state index in [-0.39, 0.29) is 0 Å². The van der Waals surface area contributed by atoms with Crippen LogP contribution in [0.25, 0.3) is 0 Å². The molecule has 25 heavy (non-hydrogen) atoms. The van der Waals surface area contributed by atoms with Crippen LogP contribution in [0.3, 0.4) is 0 Å². The summed E-state index contributed by atoms with van der Waals surface area (Å²) in [5.41, 5.74) is 2.13. The van der Waals surface area contributed by atoms with E-state index >= 15 is 0 Å². The zero-order valence-corrected chi connectivity index (χ0v) is 17.5. The zero-order valence-electron chi connectivity index (χ0n) is 14.4. The lowest BCUT2D eigenvalue weighted by Gasteiger charge is -2.16. The van der Waals surface area contributed by atoms with Gasteiger partial charge in [0.25, 0.3) is 0 Å². The van der Waals surface area contributed by atoms with Crippen LogP contribution in [0.5, 0.6) is 11.5 Å². The van der Waals surface area contributed by atoms with E-state index in [1.54, 1.807) is 13.2 Å². The molecule has 136 valence electrons. The molecule has 1 N–H and O–H groups in total. The summed E-state index contributed by atoms with van der Waals surface area (Å²) >= 11 is 15.7. The van der Waals surface area contributed by atoms with E-state index in [1.165, 1.54) is 0 Å². The van der Waals surface area contributed by atoms with Gasteiger partial charge in [-0.2, -0.15) is 0 Å². The third-order valence-electron chi connectivity index (χ3n) is 3.67. The summed E-state index contributed by atoms with van der Waals surface area (Å²) in [7, 11) is 1.65. The highest BCUT2D eigenvalue weighted by atomic mass is 79.9. The Morgan fingerprint density at radius 2 is 1.92 bits per heavy atom. The second-order valence-corrected chi connectivity index (χ2v) is 7.37. The number of benzene rings is 2. The molecular formula is C19H22BrCl2NO2. The third kappa shape index (κ3) is 6.07. The van der Waals surface area contributed by atoms with E-state index < -0.39 is 0 Å². The molecule has 0 saturated carbocycles. The quantitative estimate of drug-likeness (QED) is 0.487. The first-order valence-electron chi connectivity index (χ1n) is 8.19. The Morgan fingerprint density at radius 1 is 1.12 bits per heavy atom. The van der Waals surface area contributed by atoms with Gasteiger partial charge in [-0.3, -0.25) is 0 Å². The van der Waals surface area contributed by atoms with Crippen LogP contribution in [0.2, 0.25) is 10.0 Å². The largest absolute Gasteiger partial charge is 0.493 e. The number of rotatable bonds is 9.